The monoisotopic (exact) mass is 382 g/mol. The summed E-state index contributed by atoms with van der Waals surface area (Å²) in [6, 6.07) is 16.4. The van der Waals surface area contributed by atoms with Crippen molar-refractivity contribution in [2.45, 2.75) is 0 Å². The average molecular weight is 382 g/mol. The number of carbonyl (C=O) groups excluding carboxylic acids is 1. The van der Waals surface area contributed by atoms with E-state index in [2.05, 4.69) is 0 Å². The molecule has 5 heteroatoms. The number of hydrogen-bond acceptors (Lipinski definition) is 3. The van der Waals surface area contributed by atoms with Crippen molar-refractivity contribution in [2.24, 2.45) is 0 Å². The Labute approximate surface area is 157 Å². The molecule has 1 nitrogen and oxygen atoms in total. The normalized spacial score (nSPS) is 10.8. The molecule has 0 aliphatic heterocycles. The van der Waals surface area contributed by atoms with Gasteiger partial charge in [0.1, 0.15) is 11.6 Å². The lowest BCUT2D eigenvalue weighted by molar-refractivity contribution is 0.104. The molecule has 0 amide bonds. The smallest absolute Gasteiger partial charge is 0.212 e. The van der Waals surface area contributed by atoms with E-state index in [9.17, 15) is 13.6 Å². The van der Waals surface area contributed by atoms with E-state index in [0.717, 1.165) is 0 Å². The maximum atomic E-state index is 13.9. The highest BCUT2D eigenvalue weighted by molar-refractivity contribution is 7.16. The summed E-state index contributed by atoms with van der Waals surface area (Å²) in [7, 11) is 0. The Morgan fingerprint density at radius 3 is 1.54 bits per heavy atom. The average Bonchev–Trinajstić information content (AvgIpc) is 3.32. The van der Waals surface area contributed by atoms with Crippen LogP contribution < -0.4 is 0 Å². The lowest BCUT2D eigenvalue weighted by atomic mass is 10.1. The third kappa shape index (κ3) is 3.11. The minimum Gasteiger partial charge on any atom is -0.287 e. The fourth-order valence-electron chi connectivity index (χ4n) is 2.71. The molecule has 0 aliphatic carbocycles. The van der Waals surface area contributed by atoms with Crippen molar-refractivity contribution in [1.82, 2.24) is 0 Å². The quantitative estimate of drug-likeness (QED) is 0.361. The van der Waals surface area contributed by atoms with E-state index in [0.29, 0.717) is 32.0 Å². The van der Waals surface area contributed by atoms with Crippen molar-refractivity contribution in [2.75, 3.05) is 0 Å². The third-order valence-corrected chi connectivity index (χ3v) is 5.87. The predicted octanol–water partition coefficient (Wildman–Crippen LogP) is 6.65. The van der Waals surface area contributed by atoms with Crippen LogP contribution in [-0.2, 0) is 0 Å². The van der Waals surface area contributed by atoms with E-state index in [1.807, 2.05) is 0 Å². The number of carbonyl (C=O) groups is 1. The van der Waals surface area contributed by atoms with Crippen LogP contribution in [0.5, 0.6) is 0 Å². The van der Waals surface area contributed by atoms with Gasteiger partial charge >= 0.3 is 0 Å². The maximum Gasteiger partial charge on any atom is 0.212 e. The molecule has 0 bridgehead atoms. The van der Waals surface area contributed by atoms with Crippen LogP contribution >= 0.6 is 22.7 Å². The Hall–Kier alpha value is -2.63. The Kier molecular flexibility index (Phi) is 4.49. The van der Waals surface area contributed by atoms with Crippen LogP contribution in [0, 0.1) is 11.6 Å². The molecule has 0 fully saturated rings. The number of halogens is 2. The minimum absolute atomic E-state index is 0.134. The molecular formula is C21H12F2OS2. The number of rotatable bonds is 4. The lowest BCUT2D eigenvalue weighted by Crippen LogP contribution is -1.94. The highest BCUT2D eigenvalue weighted by Gasteiger charge is 2.17. The van der Waals surface area contributed by atoms with Gasteiger partial charge in [0.05, 0.1) is 9.75 Å². The first-order valence-electron chi connectivity index (χ1n) is 7.85. The van der Waals surface area contributed by atoms with Gasteiger partial charge in [-0.1, -0.05) is 36.4 Å². The van der Waals surface area contributed by atoms with Gasteiger partial charge in [-0.3, -0.25) is 4.79 Å². The zero-order valence-corrected chi connectivity index (χ0v) is 15.0. The Bertz CT molecular complexity index is 1010. The molecule has 2 aromatic carbocycles. The fraction of sp³-hybridized carbons (Fsp3) is 0. The molecular weight excluding hydrogens is 370 g/mol. The van der Waals surface area contributed by atoms with Gasteiger partial charge in [-0.05, 0) is 46.2 Å². The van der Waals surface area contributed by atoms with Crippen molar-refractivity contribution in [3.8, 4) is 22.3 Å². The van der Waals surface area contributed by atoms with E-state index >= 15 is 0 Å². The zero-order valence-electron chi connectivity index (χ0n) is 13.4. The predicted molar refractivity (Wildman–Crippen MR) is 103 cm³/mol. The van der Waals surface area contributed by atoms with Crippen molar-refractivity contribution in [1.29, 1.82) is 0 Å². The summed E-state index contributed by atoms with van der Waals surface area (Å²) in [6.45, 7) is 0. The highest BCUT2D eigenvalue weighted by Crippen LogP contribution is 2.32. The molecule has 26 heavy (non-hydrogen) atoms. The molecule has 0 saturated carbocycles. The van der Waals surface area contributed by atoms with E-state index in [-0.39, 0.29) is 17.4 Å². The standard InChI is InChI=1S/C21H12F2OS2/c22-17-7-3-1-5-15(17)13-9-19(25-11-13)21(24)20-10-14(12-26-20)16-6-2-4-8-18(16)23/h1-12H. The second-order valence-electron chi connectivity index (χ2n) is 5.69. The van der Waals surface area contributed by atoms with Crippen LogP contribution in [0.15, 0.2) is 71.4 Å². The number of benzene rings is 2. The minimum atomic E-state index is -0.317. The van der Waals surface area contributed by atoms with Crippen molar-refractivity contribution >= 4 is 28.5 Å². The summed E-state index contributed by atoms with van der Waals surface area (Å²) in [4.78, 5) is 13.8. The summed E-state index contributed by atoms with van der Waals surface area (Å²) in [6.07, 6.45) is 0. The topological polar surface area (TPSA) is 17.1 Å². The molecule has 128 valence electrons. The number of hydrogen-bond donors (Lipinski definition) is 0. The molecule has 0 aliphatic rings. The SMILES string of the molecule is O=C(c1cc(-c2ccccc2F)cs1)c1cc(-c2ccccc2F)cs1. The second kappa shape index (κ2) is 6.94. The second-order valence-corrected chi connectivity index (χ2v) is 7.51. The fourth-order valence-corrected chi connectivity index (χ4v) is 4.49. The molecule has 0 radical (unpaired) electrons. The first-order valence-corrected chi connectivity index (χ1v) is 9.61. The van der Waals surface area contributed by atoms with Gasteiger partial charge in [0.25, 0.3) is 0 Å². The molecule has 0 spiro atoms. The van der Waals surface area contributed by atoms with Gasteiger partial charge in [-0.25, -0.2) is 8.78 Å². The molecule has 0 saturated heterocycles. The highest BCUT2D eigenvalue weighted by atomic mass is 32.1. The number of ketones is 1. The van der Waals surface area contributed by atoms with E-state index in [1.54, 1.807) is 59.3 Å². The van der Waals surface area contributed by atoms with Crippen molar-refractivity contribution < 1.29 is 13.6 Å². The largest absolute Gasteiger partial charge is 0.287 e. The molecule has 4 rings (SSSR count). The van der Waals surface area contributed by atoms with Gasteiger partial charge in [0, 0.05) is 11.1 Å². The Balaban J connectivity index is 1.64. The van der Waals surface area contributed by atoms with Gasteiger partial charge in [0.2, 0.25) is 5.78 Å². The molecule has 2 aromatic heterocycles. The summed E-state index contributed by atoms with van der Waals surface area (Å²) < 4.78 is 27.8. The number of thiophene rings is 2. The summed E-state index contributed by atoms with van der Waals surface area (Å²) in [5.74, 6) is -0.769. The zero-order chi connectivity index (χ0) is 18.1. The van der Waals surface area contributed by atoms with E-state index in [4.69, 9.17) is 0 Å². The van der Waals surface area contributed by atoms with Crippen LogP contribution in [0.3, 0.4) is 0 Å². The van der Waals surface area contributed by atoms with Crippen LogP contribution in [0.2, 0.25) is 0 Å². The molecule has 0 unspecified atom stereocenters. The van der Waals surface area contributed by atoms with Crippen LogP contribution in [0.25, 0.3) is 22.3 Å². The summed E-state index contributed by atoms with van der Waals surface area (Å²) in [5, 5.41) is 3.55. The van der Waals surface area contributed by atoms with Gasteiger partial charge in [-0.15, -0.1) is 22.7 Å². The van der Waals surface area contributed by atoms with Crippen LogP contribution in [0.1, 0.15) is 14.5 Å². The van der Waals surface area contributed by atoms with Gasteiger partial charge in [0.15, 0.2) is 0 Å². The van der Waals surface area contributed by atoms with Crippen LogP contribution in [0.4, 0.5) is 8.78 Å². The molecule has 0 atom stereocenters. The van der Waals surface area contributed by atoms with E-state index in [1.165, 1.54) is 34.8 Å². The molecule has 4 aromatic rings. The Morgan fingerprint density at radius 1 is 0.692 bits per heavy atom. The van der Waals surface area contributed by atoms with Gasteiger partial charge < -0.3 is 0 Å². The molecule has 2 heterocycles. The van der Waals surface area contributed by atoms with Crippen molar-refractivity contribution in [3.05, 3.63) is 92.8 Å². The van der Waals surface area contributed by atoms with Gasteiger partial charge in [-0.2, -0.15) is 0 Å². The van der Waals surface area contributed by atoms with Crippen molar-refractivity contribution in [3.63, 3.8) is 0 Å². The van der Waals surface area contributed by atoms with Crippen LogP contribution in [-0.4, -0.2) is 5.78 Å². The molecule has 0 N–H and O–H groups in total. The third-order valence-electron chi connectivity index (χ3n) is 4.02. The Morgan fingerprint density at radius 2 is 1.12 bits per heavy atom. The summed E-state index contributed by atoms with van der Waals surface area (Å²) in [5.41, 5.74) is 2.31. The lowest BCUT2D eigenvalue weighted by Gasteiger charge is -1.99. The first-order chi connectivity index (χ1) is 12.6. The maximum absolute atomic E-state index is 13.9. The van der Waals surface area contributed by atoms with E-state index < -0.39 is 0 Å². The first kappa shape index (κ1) is 16.8. The summed E-state index contributed by atoms with van der Waals surface area (Å²) >= 11 is 2.56.